The molecule has 10 heteroatoms. The minimum atomic E-state index is -1.29. The number of hydrogen-bond donors (Lipinski definition) is 1. The van der Waals surface area contributed by atoms with Crippen LogP contribution in [0.25, 0.3) is 0 Å². The van der Waals surface area contributed by atoms with Crippen molar-refractivity contribution in [2.75, 3.05) is 33.3 Å². The summed E-state index contributed by atoms with van der Waals surface area (Å²) in [5, 5.41) is 9.44. The number of unbranched alkanes of at least 4 members (excludes halogenated alkanes) is 2. The second-order valence-electron chi connectivity index (χ2n) is 12.3. The van der Waals surface area contributed by atoms with Crippen LogP contribution < -0.4 is 0 Å². The number of likely N-dealkylation sites (tertiary alicyclic amines) is 1. The Kier molecular flexibility index (Phi) is 9.90. The Labute approximate surface area is 259 Å². The predicted octanol–water partition coefficient (Wildman–Crippen LogP) is 3.02. The van der Waals surface area contributed by atoms with Crippen LogP contribution in [0.4, 0.5) is 0 Å². The number of aliphatic hydroxyl groups is 1. The van der Waals surface area contributed by atoms with Gasteiger partial charge in [-0.15, -0.1) is 0 Å². The first-order chi connectivity index (χ1) is 21.2. The minimum Gasteiger partial charge on any atom is -0.455 e. The van der Waals surface area contributed by atoms with Gasteiger partial charge < -0.3 is 29.3 Å². The molecule has 1 N–H and O–H groups in total. The first kappa shape index (κ1) is 31.9. The highest BCUT2D eigenvalue weighted by Crippen LogP contribution is 2.56. The zero-order chi connectivity index (χ0) is 31.4. The Hall–Kier alpha value is -3.50. The Balaban J connectivity index is 1.57. The van der Waals surface area contributed by atoms with E-state index in [1.54, 1.807) is 27.8 Å². The van der Waals surface area contributed by atoms with Crippen molar-refractivity contribution < 1.29 is 33.8 Å². The maximum Gasteiger partial charge on any atom is 0.313 e. The fourth-order valence-electron chi connectivity index (χ4n) is 7.09. The molecule has 3 amide bonds. The summed E-state index contributed by atoms with van der Waals surface area (Å²) >= 11 is 0. The highest BCUT2D eigenvalue weighted by atomic mass is 16.6. The third-order valence-corrected chi connectivity index (χ3v) is 9.61. The number of carbonyl (C=O) groups is 4. The lowest BCUT2D eigenvalue weighted by Gasteiger charge is -2.36. The van der Waals surface area contributed by atoms with Gasteiger partial charge in [0.25, 0.3) is 0 Å². The molecule has 5 bridgehead atoms. The number of fused-ring (bicyclic) bond motifs is 2. The largest absolute Gasteiger partial charge is 0.455 e. The molecule has 2 saturated heterocycles. The number of hydrogen-bond acceptors (Lipinski definition) is 7. The lowest BCUT2D eigenvalue weighted by Crippen LogP contribution is -2.56. The number of aliphatic hydroxyl groups excluding tert-OH is 1. The van der Waals surface area contributed by atoms with Crippen LogP contribution in [0.15, 0.2) is 54.6 Å². The summed E-state index contributed by atoms with van der Waals surface area (Å²) in [6, 6.07) is 7.89. The van der Waals surface area contributed by atoms with Crippen molar-refractivity contribution in [2.45, 2.75) is 82.3 Å². The standard InChI is InChI=1S/C34H45N3O7/c1-4-5-19-36-20-11-7-10-16-26(39)35(3)23(2)29(24-14-8-6-9-15-24)43-33(42)27-25-17-18-34(44-25)28(27)31(40)37(21-12-13-22-38)30(34)32(36)41/h6-9,11,14-15,17-18,23,25,27-30,38H,4-5,10,12-13,16,19-22H2,1-3H3/b11-7-/t23-,25+,27-,28-,29+,30+,34-/m1/s1. The monoisotopic (exact) mass is 607 g/mol. The Bertz CT molecular complexity index is 1280. The van der Waals surface area contributed by atoms with Crippen molar-refractivity contribution in [1.82, 2.24) is 14.7 Å². The summed E-state index contributed by atoms with van der Waals surface area (Å²) in [7, 11) is 1.72. The molecule has 1 aromatic carbocycles. The van der Waals surface area contributed by atoms with E-state index in [9.17, 15) is 24.3 Å². The first-order valence-corrected chi connectivity index (χ1v) is 16.0. The molecule has 7 atom stereocenters. The van der Waals surface area contributed by atoms with E-state index < -0.39 is 47.7 Å². The average molecular weight is 608 g/mol. The van der Waals surface area contributed by atoms with Crippen LogP contribution in [0, 0.1) is 11.8 Å². The third-order valence-electron chi connectivity index (χ3n) is 9.61. The second-order valence-corrected chi connectivity index (χ2v) is 12.3. The van der Waals surface area contributed by atoms with E-state index in [4.69, 9.17) is 9.47 Å². The molecule has 1 aromatic rings. The van der Waals surface area contributed by atoms with E-state index in [-0.39, 0.29) is 37.3 Å². The van der Waals surface area contributed by atoms with E-state index in [0.717, 1.165) is 18.4 Å². The molecule has 10 nitrogen and oxygen atoms in total. The van der Waals surface area contributed by atoms with E-state index >= 15 is 0 Å². The summed E-state index contributed by atoms with van der Waals surface area (Å²) < 4.78 is 12.8. The van der Waals surface area contributed by atoms with Gasteiger partial charge in [0.05, 0.1) is 18.1 Å². The molecule has 2 fully saturated rings. The maximum absolute atomic E-state index is 14.4. The number of esters is 1. The molecule has 1 spiro atoms. The molecule has 0 unspecified atom stereocenters. The summed E-state index contributed by atoms with van der Waals surface area (Å²) in [4.78, 5) is 61.0. The number of nitrogens with zero attached hydrogens (tertiary/aromatic N) is 3. The zero-order valence-corrected chi connectivity index (χ0v) is 26.0. The Morgan fingerprint density at radius 1 is 1.00 bits per heavy atom. The van der Waals surface area contributed by atoms with Gasteiger partial charge in [-0.3, -0.25) is 19.2 Å². The highest BCUT2D eigenvalue weighted by Gasteiger charge is 2.73. The van der Waals surface area contributed by atoms with E-state index in [1.165, 1.54) is 0 Å². The topological polar surface area (TPSA) is 117 Å². The van der Waals surface area contributed by atoms with Gasteiger partial charge in [-0.2, -0.15) is 0 Å². The molecular formula is C34H45N3O7. The van der Waals surface area contributed by atoms with Gasteiger partial charge in [0.15, 0.2) is 0 Å². The molecule has 4 aliphatic heterocycles. The molecule has 4 heterocycles. The van der Waals surface area contributed by atoms with Crippen molar-refractivity contribution in [3.8, 4) is 0 Å². The molecule has 0 radical (unpaired) electrons. The lowest BCUT2D eigenvalue weighted by molar-refractivity contribution is -0.164. The van der Waals surface area contributed by atoms with Gasteiger partial charge in [0.2, 0.25) is 17.7 Å². The fraction of sp³-hybridized carbons (Fsp3) is 0.588. The smallest absolute Gasteiger partial charge is 0.313 e. The number of benzene rings is 1. The zero-order valence-electron chi connectivity index (χ0n) is 26.0. The van der Waals surface area contributed by atoms with Crippen molar-refractivity contribution in [1.29, 1.82) is 0 Å². The minimum absolute atomic E-state index is 0.0218. The van der Waals surface area contributed by atoms with Crippen LogP contribution >= 0.6 is 0 Å². The summed E-state index contributed by atoms with van der Waals surface area (Å²) in [6.45, 7) is 5.00. The number of carbonyl (C=O) groups excluding carboxylic acids is 4. The maximum atomic E-state index is 14.4. The molecule has 238 valence electrons. The molecule has 5 rings (SSSR count). The molecular weight excluding hydrogens is 562 g/mol. The summed E-state index contributed by atoms with van der Waals surface area (Å²) in [5.41, 5.74) is -0.548. The van der Waals surface area contributed by atoms with Crippen LogP contribution in [0.1, 0.15) is 64.0 Å². The highest BCUT2D eigenvalue weighted by molar-refractivity contribution is 5.99. The van der Waals surface area contributed by atoms with E-state index in [1.807, 2.05) is 55.5 Å². The van der Waals surface area contributed by atoms with Gasteiger partial charge >= 0.3 is 5.97 Å². The van der Waals surface area contributed by atoms with Crippen molar-refractivity contribution in [3.05, 3.63) is 60.2 Å². The fourth-order valence-corrected chi connectivity index (χ4v) is 7.09. The second kappa shape index (κ2) is 13.6. The third kappa shape index (κ3) is 5.81. The van der Waals surface area contributed by atoms with Gasteiger partial charge in [-0.05, 0) is 38.2 Å². The number of rotatable bonds is 8. The average Bonchev–Trinajstić information content (AvgIpc) is 3.67. The predicted molar refractivity (Wildman–Crippen MR) is 163 cm³/mol. The number of cyclic esters (lactones) is 1. The van der Waals surface area contributed by atoms with Crippen molar-refractivity contribution >= 4 is 23.7 Å². The molecule has 0 aromatic heterocycles. The quantitative estimate of drug-likeness (QED) is 0.274. The molecule has 4 aliphatic rings. The van der Waals surface area contributed by atoms with Crippen LogP contribution in [-0.2, 0) is 28.7 Å². The van der Waals surface area contributed by atoms with Crippen molar-refractivity contribution in [3.63, 3.8) is 0 Å². The van der Waals surface area contributed by atoms with E-state index in [2.05, 4.69) is 6.92 Å². The van der Waals surface area contributed by atoms with Crippen LogP contribution in [0.2, 0.25) is 0 Å². The van der Waals surface area contributed by atoms with Gasteiger partial charge in [0, 0.05) is 39.7 Å². The molecule has 44 heavy (non-hydrogen) atoms. The van der Waals surface area contributed by atoms with Gasteiger partial charge in [-0.25, -0.2) is 0 Å². The van der Waals surface area contributed by atoms with Crippen molar-refractivity contribution in [2.24, 2.45) is 11.8 Å². The lowest BCUT2D eigenvalue weighted by atomic mass is 9.74. The number of likely N-dealkylation sites (N-methyl/N-ethyl adjacent to an activating group) is 1. The number of ether oxygens (including phenoxy) is 2. The van der Waals surface area contributed by atoms with Crippen LogP contribution in [0.5, 0.6) is 0 Å². The van der Waals surface area contributed by atoms with Gasteiger partial charge in [0.1, 0.15) is 23.7 Å². The number of amides is 3. The van der Waals surface area contributed by atoms with E-state index in [0.29, 0.717) is 32.4 Å². The molecule has 0 saturated carbocycles. The van der Waals surface area contributed by atoms with Crippen LogP contribution in [0.3, 0.4) is 0 Å². The number of allylic oxidation sites excluding steroid dienone is 1. The van der Waals surface area contributed by atoms with Gasteiger partial charge in [-0.1, -0.05) is 68.0 Å². The normalized spacial score (nSPS) is 33.2. The SMILES string of the molecule is CCCCN1C/C=C\CCC(=O)N(C)[C@H](C)[C@@H](c2ccccc2)OC(=O)[C@@H]2[C@@H]3C=C[C@]4(O3)[C@H](C1=O)N(CCCCO)C(=O)[C@@H]24. The summed E-state index contributed by atoms with van der Waals surface area (Å²) in [5.74, 6) is -3.06. The summed E-state index contributed by atoms with van der Waals surface area (Å²) in [6.07, 6.45) is 9.39. The Morgan fingerprint density at radius 3 is 2.50 bits per heavy atom. The first-order valence-electron chi connectivity index (χ1n) is 16.0. The Morgan fingerprint density at radius 2 is 1.77 bits per heavy atom. The molecule has 0 aliphatic carbocycles. The van der Waals surface area contributed by atoms with Crippen LogP contribution in [-0.4, -0.2) is 101 Å².